The lowest BCUT2D eigenvalue weighted by atomic mass is 9.52. The van der Waals surface area contributed by atoms with E-state index >= 15 is 0 Å². The van der Waals surface area contributed by atoms with Crippen LogP contribution in [0.5, 0.6) is 0 Å². The van der Waals surface area contributed by atoms with Crippen molar-refractivity contribution in [3.63, 3.8) is 0 Å². The monoisotopic (exact) mass is 902 g/mol. The molecule has 3 N–H and O–H groups in total. The van der Waals surface area contributed by atoms with Gasteiger partial charge < -0.3 is 39.4 Å². The van der Waals surface area contributed by atoms with Crippen LogP contribution >= 0.6 is 0 Å². The summed E-state index contributed by atoms with van der Waals surface area (Å²) in [5.41, 5.74) is 4.37. The molecule has 0 spiro atoms. The molecule has 8 rings (SSSR count). The third-order valence-electron chi connectivity index (χ3n) is 14.2. The highest BCUT2D eigenvalue weighted by Gasteiger charge is 2.57. The van der Waals surface area contributed by atoms with E-state index in [1.807, 2.05) is 72.8 Å². The lowest BCUT2D eigenvalue weighted by Gasteiger charge is -2.53. The van der Waals surface area contributed by atoms with Gasteiger partial charge >= 0.3 is 11.9 Å². The van der Waals surface area contributed by atoms with E-state index in [4.69, 9.17) is 23.7 Å². The Labute approximate surface area is 388 Å². The lowest BCUT2D eigenvalue weighted by molar-refractivity contribution is -0.157. The second-order valence-electron chi connectivity index (χ2n) is 20.7. The summed E-state index contributed by atoms with van der Waals surface area (Å²) in [6.07, 6.45) is 7.58. The molecule has 0 radical (unpaired) electrons. The molecule has 0 bridgehead atoms. The normalized spacial score (nSPS) is 28.3. The summed E-state index contributed by atoms with van der Waals surface area (Å²) in [6.45, 7) is 12.0. The third kappa shape index (κ3) is 10.7. The molecular weight excluding hydrogens is 837 g/mol. The highest BCUT2D eigenvalue weighted by Crippen LogP contribution is 2.60. The molecule has 0 aromatic heterocycles. The Morgan fingerprint density at radius 1 is 0.879 bits per heavy atom. The Hall–Kier alpha value is -5.14. The number of benzene rings is 3. The molecule has 2 heterocycles. The number of nitrogens with one attached hydrogen (secondary N) is 2. The number of carbonyl (C=O) groups excluding carboxylic acids is 4. The van der Waals surface area contributed by atoms with Gasteiger partial charge in [-0.3, -0.25) is 14.4 Å². The minimum absolute atomic E-state index is 0.00445. The van der Waals surface area contributed by atoms with Gasteiger partial charge in [-0.1, -0.05) is 98.3 Å². The highest BCUT2D eigenvalue weighted by atomic mass is 16.8. The second-order valence-corrected chi connectivity index (χ2v) is 20.7. The van der Waals surface area contributed by atoms with Crippen LogP contribution in [0.25, 0.3) is 6.08 Å². The van der Waals surface area contributed by atoms with Gasteiger partial charge in [-0.25, -0.2) is 4.79 Å². The zero-order chi connectivity index (χ0) is 46.9. The van der Waals surface area contributed by atoms with Crippen LogP contribution < -0.4 is 10.6 Å². The van der Waals surface area contributed by atoms with Crippen molar-refractivity contribution in [1.29, 1.82) is 0 Å². The molecule has 2 aliphatic heterocycles. The van der Waals surface area contributed by atoms with E-state index < -0.39 is 59.5 Å². The molecule has 12 nitrogen and oxygen atoms in total. The Morgan fingerprint density at radius 2 is 1.56 bits per heavy atom. The molecule has 2 saturated carbocycles. The number of amides is 2. The van der Waals surface area contributed by atoms with E-state index in [9.17, 15) is 24.3 Å². The molecule has 5 aliphatic rings. The zero-order valence-corrected chi connectivity index (χ0v) is 39.2. The fourth-order valence-electron chi connectivity index (χ4n) is 10.5. The van der Waals surface area contributed by atoms with Gasteiger partial charge in [0.2, 0.25) is 17.6 Å². The minimum atomic E-state index is -1.36. The minimum Gasteiger partial charge on any atom is -0.460 e. The highest BCUT2D eigenvalue weighted by molar-refractivity contribution is 5.94. The number of esters is 2. The Balaban J connectivity index is 0.966. The van der Waals surface area contributed by atoms with Gasteiger partial charge in [-0.15, -0.1) is 0 Å². The molecule has 8 atom stereocenters. The molecule has 2 saturated heterocycles. The predicted molar refractivity (Wildman–Crippen MR) is 249 cm³/mol. The maximum absolute atomic E-state index is 14.1. The summed E-state index contributed by atoms with van der Waals surface area (Å²) in [7, 11) is 0. The van der Waals surface area contributed by atoms with E-state index in [-0.39, 0.29) is 44.4 Å². The largest absolute Gasteiger partial charge is 0.460 e. The van der Waals surface area contributed by atoms with Crippen molar-refractivity contribution in [1.82, 2.24) is 10.6 Å². The maximum atomic E-state index is 14.1. The van der Waals surface area contributed by atoms with Crippen molar-refractivity contribution in [3.05, 3.63) is 124 Å². The first-order valence-corrected chi connectivity index (χ1v) is 23.7. The molecular formula is C54H66N2O10. The molecule has 4 fully saturated rings. The number of hydrogen-bond donors (Lipinski definition) is 3. The third-order valence-corrected chi connectivity index (χ3v) is 14.2. The number of hydrogen-bond acceptors (Lipinski definition) is 10. The standard InChI is InChI=1S/C54H66N2O10/c1-51(2,3)65-47(59)24-22-40(33-57)56-46(58)26-28-55-49(60)37-30-43(48-44(31-37)63-54(66-48,38-13-9-7-10-14-38)39-15-11-8-12-16-39)62-50(61)35-19-17-34(18-20-35)29-36-21-23-45-53(6,64-45)27-25-42-41(36)32-52(42,4)5/h7-20,29,31,40-45,48,57H,21-28,30,32-33H2,1-6H3,(H,55,60)(H,56,58). The van der Waals surface area contributed by atoms with Crippen LogP contribution in [0.1, 0.15) is 126 Å². The number of rotatable bonds is 14. The van der Waals surface area contributed by atoms with Crippen LogP contribution in [-0.4, -0.2) is 83.7 Å². The van der Waals surface area contributed by atoms with Crippen LogP contribution in [0.15, 0.2) is 102 Å². The first-order chi connectivity index (χ1) is 31.4. The maximum Gasteiger partial charge on any atom is 0.338 e. The summed E-state index contributed by atoms with van der Waals surface area (Å²) in [5.74, 6) is -2.00. The molecule has 12 heteroatoms. The van der Waals surface area contributed by atoms with E-state index in [1.54, 1.807) is 39.0 Å². The fourth-order valence-corrected chi connectivity index (χ4v) is 10.5. The van der Waals surface area contributed by atoms with Crippen LogP contribution in [0, 0.1) is 17.3 Å². The molecule has 66 heavy (non-hydrogen) atoms. The van der Waals surface area contributed by atoms with Crippen molar-refractivity contribution >= 4 is 29.8 Å². The van der Waals surface area contributed by atoms with Crippen LogP contribution in [-0.2, 0) is 43.9 Å². The van der Waals surface area contributed by atoms with Crippen LogP contribution in [0.4, 0.5) is 0 Å². The first-order valence-electron chi connectivity index (χ1n) is 23.7. The molecule has 2 amide bonds. The van der Waals surface area contributed by atoms with Gasteiger partial charge in [0.15, 0.2) is 0 Å². The topological polar surface area (TPSA) is 162 Å². The number of carbonyl (C=O) groups is 4. The van der Waals surface area contributed by atoms with Crippen molar-refractivity contribution in [3.8, 4) is 0 Å². The van der Waals surface area contributed by atoms with Crippen molar-refractivity contribution in [2.45, 2.75) is 147 Å². The van der Waals surface area contributed by atoms with E-state index in [1.165, 1.54) is 18.4 Å². The van der Waals surface area contributed by atoms with Gasteiger partial charge in [0.25, 0.3) is 0 Å². The van der Waals surface area contributed by atoms with Gasteiger partial charge in [0.05, 0.1) is 29.9 Å². The number of aliphatic hydroxyl groups excluding tert-OH is 1. The zero-order valence-electron chi connectivity index (χ0n) is 39.2. The van der Waals surface area contributed by atoms with Gasteiger partial charge in [-0.2, -0.15) is 0 Å². The first kappa shape index (κ1) is 47.4. The van der Waals surface area contributed by atoms with Crippen molar-refractivity contribution in [2.75, 3.05) is 13.2 Å². The van der Waals surface area contributed by atoms with Crippen LogP contribution in [0.2, 0.25) is 0 Å². The molecule has 3 aromatic rings. The average molecular weight is 903 g/mol. The lowest BCUT2D eigenvalue weighted by Crippen LogP contribution is -2.45. The molecule has 8 unspecified atom stereocenters. The summed E-state index contributed by atoms with van der Waals surface area (Å²) >= 11 is 0. The Bertz CT molecular complexity index is 2260. The molecule has 3 aliphatic carbocycles. The number of allylic oxidation sites excluding steroid dienone is 1. The van der Waals surface area contributed by atoms with Gasteiger partial charge in [0.1, 0.15) is 23.9 Å². The molecule has 352 valence electrons. The smallest absolute Gasteiger partial charge is 0.338 e. The average Bonchev–Trinajstić information content (AvgIpc) is 3.74. The number of epoxide rings is 1. The Kier molecular flexibility index (Phi) is 13.8. The summed E-state index contributed by atoms with van der Waals surface area (Å²) < 4.78 is 31.6. The van der Waals surface area contributed by atoms with Crippen molar-refractivity contribution in [2.24, 2.45) is 17.3 Å². The SMILES string of the molecule is CC(C)(C)OC(=O)CCC(CO)NC(=O)CCNC(=O)C1=CC2OC(c3ccccc3)(c3ccccc3)OC2C(OC(=O)c2ccc(C=C3CCC4OC4(C)CCC4C3CC4(C)C)cc2)C1. The van der Waals surface area contributed by atoms with Crippen LogP contribution in [0.3, 0.4) is 0 Å². The second kappa shape index (κ2) is 19.2. The van der Waals surface area contributed by atoms with E-state index in [0.717, 1.165) is 36.0 Å². The summed E-state index contributed by atoms with van der Waals surface area (Å²) in [6, 6.07) is 26.0. The summed E-state index contributed by atoms with van der Waals surface area (Å²) in [5, 5.41) is 15.4. The number of fused-ring (bicyclic) bond motifs is 3. The molecule has 3 aromatic carbocycles. The fraction of sp³-hybridized carbons (Fsp3) is 0.519. The van der Waals surface area contributed by atoms with E-state index in [2.05, 4.69) is 37.5 Å². The number of aliphatic hydroxyl groups is 1. The van der Waals surface area contributed by atoms with Crippen molar-refractivity contribution < 1.29 is 48.0 Å². The quantitative estimate of drug-likeness (QED) is 0.107. The predicted octanol–water partition coefficient (Wildman–Crippen LogP) is 8.11. The van der Waals surface area contributed by atoms with Gasteiger partial charge in [-0.05, 0) is 107 Å². The van der Waals surface area contributed by atoms with Gasteiger partial charge in [0, 0.05) is 42.5 Å². The Morgan fingerprint density at radius 3 is 2.20 bits per heavy atom. The number of ether oxygens (including phenoxy) is 5. The van der Waals surface area contributed by atoms with E-state index in [0.29, 0.717) is 34.5 Å². The summed E-state index contributed by atoms with van der Waals surface area (Å²) in [4.78, 5) is 53.0.